The highest BCUT2D eigenvalue weighted by Crippen LogP contribution is 2.19. The molecular weight excluding hydrogens is 326 g/mol. The molecule has 124 valence electrons. The number of amides is 1. The highest BCUT2D eigenvalue weighted by molar-refractivity contribution is 7.15. The molecule has 0 aliphatic heterocycles. The van der Waals surface area contributed by atoms with Gasteiger partial charge in [0.1, 0.15) is 0 Å². The van der Waals surface area contributed by atoms with E-state index in [9.17, 15) is 9.59 Å². The highest BCUT2D eigenvalue weighted by Gasteiger charge is 2.13. The molecule has 1 amide bonds. The number of hydrogen-bond acceptors (Lipinski definition) is 5. The van der Waals surface area contributed by atoms with Crippen LogP contribution in [0.3, 0.4) is 0 Å². The average Bonchev–Trinajstić information content (AvgIpc) is 3.10. The topological polar surface area (TPSA) is 72.7 Å². The number of nitrogens with zero attached hydrogens (tertiary/aromatic N) is 2. The molecule has 7 heteroatoms. The van der Waals surface area contributed by atoms with Crippen molar-refractivity contribution in [2.45, 2.75) is 20.3 Å². The van der Waals surface area contributed by atoms with Gasteiger partial charge < -0.3 is 10.1 Å². The van der Waals surface area contributed by atoms with Crippen molar-refractivity contribution in [3.8, 4) is 0 Å². The van der Waals surface area contributed by atoms with E-state index in [-0.39, 0.29) is 18.9 Å². The minimum atomic E-state index is -0.475. The summed E-state index contributed by atoms with van der Waals surface area (Å²) in [6.45, 7) is 3.52. The summed E-state index contributed by atoms with van der Waals surface area (Å²) in [4.78, 5) is 29.0. The Balaban J connectivity index is 1.52. The molecule has 0 radical (unpaired) electrons. The largest absolute Gasteiger partial charge is 0.455 e. The molecule has 0 spiro atoms. The van der Waals surface area contributed by atoms with Crippen LogP contribution in [-0.2, 0) is 20.7 Å². The Morgan fingerprint density at radius 3 is 2.75 bits per heavy atom. The first-order valence-electron chi connectivity index (χ1n) is 7.45. The summed E-state index contributed by atoms with van der Waals surface area (Å²) in [7, 11) is 0. The van der Waals surface area contributed by atoms with Gasteiger partial charge in [0.15, 0.2) is 11.6 Å². The number of rotatable bonds is 5. The minimum Gasteiger partial charge on any atom is -0.455 e. The number of aromatic nitrogens is 2. The fourth-order valence-electron chi connectivity index (χ4n) is 2.39. The number of carbonyl (C=O) groups excluding carboxylic acids is 2. The molecule has 0 unspecified atom stereocenters. The molecule has 3 rings (SSSR count). The van der Waals surface area contributed by atoms with Crippen LogP contribution < -0.4 is 5.32 Å². The number of fused-ring (bicyclic) bond motifs is 1. The third-order valence-electron chi connectivity index (χ3n) is 3.58. The molecule has 2 heterocycles. The summed E-state index contributed by atoms with van der Waals surface area (Å²) < 4.78 is 6.88. The Labute approximate surface area is 143 Å². The predicted molar refractivity (Wildman–Crippen MR) is 92.3 cm³/mol. The van der Waals surface area contributed by atoms with Crippen molar-refractivity contribution in [1.82, 2.24) is 9.38 Å². The van der Waals surface area contributed by atoms with Crippen LogP contribution in [0.5, 0.6) is 0 Å². The number of hydrogen-bond donors (Lipinski definition) is 1. The number of benzene rings is 1. The first kappa shape index (κ1) is 16.2. The fraction of sp³-hybridized carbons (Fsp3) is 0.235. The van der Waals surface area contributed by atoms with E-state index in [1.54, 1.807) is 6.20 Å². The van der Waals surface area contributed by atoms with Crippen LogP contribution in [0.1, 0.15) is 16.8 Å². The number of anilines is 1. The second-order valence-electron chi connectivity index (χ2n) is 5.48. The number of imidazole rings is 1. The molecule has 2 aromatic heterocycles. The second kappa shape index (κ2) is 6.84. The van der Waals surface area contributed by atoms with Gasteiger partial charge in [-0.3, -0.25) is 14.0 Å². The third kappa shape index (κ3) is 3.62. The summed E-state index contributed by atoms with van der Waals surface area (Å²) >= 11 is 1.49. The Kier molecular flexibility index (Phi) is 4.61. The molecule has 1 N–H and O–H groups in total. The number of esters is 1. The van der Waals surface area contributed by atoms with Crippen LogP contribution in [0.4, 0.5) is 5.69 Å². The van der Waals surface area contributed by atoms with E-state index >= 15 is 0 Å². The monoisotopic (exact) mass is 343 g/mol. The van der Waals surface area contributed by atoms with Crippen LogP contribution in [0, 0.1) is 13.8 Å². The van der Waals surface area contributed by atoms with Crippen LogP contribution in [0.25, 0.3) is 4.96 Å². The molecule has 3 aromatic rings. The zero-order valence-electron chi connectivity index (χ0n) is 13.4. The molecule has 0 aliphatic carbocycles. The average molecular weight is 343 g/mol. The highest BCUT2D eigenvalue weighted by atomic mass is 32.1. The Morgan fingerprint density at radius 2 is 2.04 bits per heavy atom. The summed E-state index contributed by atoms with van der Waals surface area (Å²) in [5.41, 5.74) is 3.32. The molecule has 1 aromatic carbocycles. The van der Waals surface area contributed by atoms with Crippen LogP contribution in [-0.4, -0.2) is 27.9 Å². The van der Waals surface area contributed by atoms with Gasteiger partial charge in [-0.2, -0.15) is 0 Å². The van der Waals surface area contributed by atoms with Gasteiger partial charge in [0, 0.05) is 23.5 Å². The first-order chi connectivity index (χ1) is 11.5. The van der Waals surface area contributed by atoms with E-state index < -0.39 is 5.97 Å². The maximum atomic E-state index is 12.0. The number of carbonyl (C=O) groups is 2. The number of aryl methyl sites for hydroxylation is 2. The van der Waals surface area contributed by atoms with Crippen molar-refractivity contribution in [3.63, 3.8) is 0 Å². The zero-order valence-corrected chi connectivity index (χ0v) is 14.2. The molecule has 0 bridgehead atoms. The van der Waals surface area contributed by atoms with Crippen LogP contribution >= 0.6 is 11.3 Å². The number of thiazole rings is 1. The lowest BCUT2D eigenvalue weighted by molar-refractivity contribution is -0.146. The van der Waals surface area contributed by atoms with Crippen LogP contribution in [0.15, 0.2) is 36.0 Å². The van der Waals surface area contributed by atoms with E-state index in [2.05, 4.69) is 10.3 Å². The maximum absolute atomic E-state index is 12.0. The van der Waals surface area contributed by atoms with Gasteiger partial charge in [0.25, 0.3) is 5.91 Å². The molecule has 6 nitrogen and oxygen atoms in total. The zero-order chi connectivity index (χ0) is 17.1. The molecule has 0 saturated heterocycles. The number of para-hydroxylation sites is 1. The van der Waals surface area contributed by atoms with Gasteiger partial charge in [-0.25, -0.2) is 4.98 Å². The van der Waals surface area contributed by atoms with Gasteiger partial charge in [-0.05, 0) is 25.0 Å². The maximum Gasteiger partial charge on any atom is 0.312 e. The lowest BCUT2D eigenvalue weighted by atomic mass is 10.1. The summed E-state index contributed by atoms with van der Waals surface area (Å²) in [6.07, 6.45) is 3.70. The quantitative estimate of drug-likeness (QED) is 0.723. The number of nitrogens with one attached hydrogen (secondary N) is 1. The minimum absolute atomic E-state index is 0.0467. The van der Waals surface area contributed by atoms with Gasteiger partial charge in [0.2, 0.25) is 0 Å². The Bertz CT molecular complexity index is 849. The number of ether oxygens (including phenoxy) is 1. The summed E-state index contributed by atoms with van der Waals surface area (Å²) in [6, 6.07) is 5.76. The second-order valence-corrected chi connectivity index (χ2v) is 6.35. The molecular formula is C17H17N3O3S. The molecule has 0 aliphatic rings. The first-order valence-corrected chi connectivity index (χ1v) is 8.33. The third-order valence-corrected chi connectivity index (χ3v) is 4.35. The smallest absolute Gasteiger partial charge is 0.312 e. The summed E-state index contributed by atoms with van der Waals surface area (Å²) in [5.74, 6) is -0.830. The van der Waals surface area contributed by atoms with Crippen molar-refractivity contribution in [2.75, 3.05) is 11.9 Å². The van der Waals surface area contributed by atoms with Crippen molar-refractivity contribution in [1.29, 1.82) is 0 Å². The van der Waals surface area contributed by atoms with E-state index in [0.29, 0.717) is 5.69 Å². The lowest BCUT2D eigenvalue weighted by Crippen LogP contribution is -2.22. The van der Waals surface area contributed by atoms with Crippen molar-refractivity contribution in [2.24, 2.45) is 0 Å². The van der Waals surface area contributed by atoms with E-state index in [0.717, 1.165) is 21.8 Å². The predicted octanol–water partition coefficient (Wildman–Crippen LogP) is 2.74. The van der Waals surface area contributed by atoms with E-state index in [1.807, 2.05) is 48.0 Å². The lowest BCUT2D eigenvalue weighted by Gasteiger charge is -2.11. The normalized spacial score (nSPS) is 10.8. The van der Waals surface area contributed by atoms with Gasteiger partial charge in [-0.15, -0.1) is 11.3 Å². The van der Waals surface area contributed by atoms with Gasteiger partial charge >= 0.3 is 5.97 Å². The van der Waals surface area contributed by atoms with E-state index in [1.165, 1.54) is 11.3 Å². The van der Waals surface area contributed by atoms with Crippen molar-refractivity contribution < 1.29 is 14.3 Å². The van der Waals surface area contributed by atoms with E-state index in [4.69, 9.17) is 4.74 Å². The standard InChI is InChI=1S/C17H17N3O3S/c1-11-4-3-5-12(2)16(11)19-14(21)10-23-15(22)8-13-9-20-6-7-24-17(20)18-13/h3-7,9H,8,10H2,1-2H3,(H,19,21). The molecule has 0 fully saturated rings. The molecule has 24 heavy (non-hydrogen) atoms. The summed E-state index contributed by atoms with van der Waals surface area (Å²) in [5, 5.41) is 4.70. The molecule has 0 atom stereocenters. The SMILES string of the molecule is Cc1cccc(C)c1NC(=O)COC(=O)Cc1cn2ccsc2n1. The van der Waals surface area contributed by atoms with Gasteiger partial charge in [0.05, 0.1) is 12.1 Å². The fourth-order valence-corrected chi connectivity index (χ4v) is 3.11. The van der Waals surface area contributed by atoms with Crippen molar-refractivity contribution in [3.05, 3.63) is 52.8 Å². The Morgan fingerprint density at radius 1 is 1.29 bits per heavy atom. The van der Waals surface area contributed by atoms with Gasteiger partial charge in [-0.1, -0.05) is 18.2 Å². The Hall–Kier alpha value is -2.67. The van der Waals surface area contributed by atoms with Crippen molar-refractivity contribution >= 4 is 33.9 Å². The van der Waals surface area contributed by atoms with Crippen LogP contribution in [0.2, 0.25) is 0 Å². The molecule has 0 saturated carbocycles.